The quantitative estimate of drug-likeness (QED) is 0.400. The molecule has 1 unspecified atom stereocenters. The standard InChI is InChI=1S/C24H33ClN4O4S/c1-3-4-10-23(28-34(31,32)18-8-6-5-7-9-18)29-12-11-17(16-29)15-27-24(30)19-13-20(25)21(26)14-22(19)33-2/h5-9,13-14,17,23,28H,3-4,10-12,15-16,26H2,1-2H3,(H,27,30)/t17-,23?/m1/s1. The molecule has 1 amide bonds. The van der Waals surface area contributed by atoms with Crippen molar-refractivity contribution in [1.29, 1.82) is 0 Å². The number of halogens is 1. The highest BCUT2D eigenvalue weighted by molar-refractivity contribution is 7.89. The Morgan fingerprint density at radius 1 is 1.29 bits per heavy atom. The molecule has 1 saturated heterocycles. The van der Waals surface area contributed by atoms with Crippen molar-refractivity contribution in [3.05, 3.63) is 53.1 Å². The molecule has 2 aromatic carbocycles. The van der Waals surface area contributed by atoms with Gasteiger partial charge in [0.25, 0.3) is 5.91 Å². The number of hydrogen-bond acceptors (Lipinski definition) is 6. The van der Waals surface area contributed by atoms with Crippen molar-refractivity contribution >= 4 is 33.2 Å². The van der Waals surface area contributed by atoms with E-state index in [1.165, 1.54) is 19.2 Å². The van der Waals surface area contributed by atoms with Crippen molar-refractivity contribution in [3.8, 4) is 5.75 Å². The van der Waals surface area contributed by atoms with Gasteiger partial charge in [0.1, 0.15) is 5.75 Å². The Hall–Kier alpha value is -2.33. The summed E-state index contributed by atoms with van der Waals surface area (Å²) in [5.41, 5.74) is 6.47. The summed E-state index contributed by atoms with van der Waals surface area (Å²) in [6.45, 7) is 3.99. The molecule has 0 saturated carbocycles. The van der Waals surface area contributed by atoms with E-state index < -0.39 is 10.0 Å². The third kappa shape index (κ3) is 6.63. The highest BCUT2D eigenvalue weighted by Gasteiger charge is 2.31. The Morgan fingerprint density at radius 3 is 2.71 bits per heavy atom. The van der Waals surface area contributed by atoms with Crippen LogP contribution in [0.25, 0.3) is 0 Å². The van der Waals surface area contributed by atoms with Crippen LogP contribution in [-0.4, -0.2) is 52.1 Å². The lowest BCUT2D eigenvalue weighted by Crippen LogP contribution is -2.47. The molecule has 4 N–H and O–H groups in total. The van der Waals surface area contributed by atoms with E-state index in [-0.39, 0.29) is 22.9 Å². The van der Waals surface area contributed by atoms with Gasteiger partial charge in [-0.25, -0.2) is 8.42 Å². The maximum Gasteiger partial charge on any atom is 0.255 e. The van der Waals surface area contributed by atoms with Crippen LogP contribution >= 0.6 is 11.6 Å². The topological polar surface area (TPSA) is 114 Å². The molecule has 0 radical (unpaired) electrons. The van der Waals surface area contributed by atoms with Crippen LogP contribution in [0, 0.1) is 5.92 Å². The van der Waals surface area contributed by atoms with Crippen LogP contribution in [0.1, 0.15) is 43.0 Å². The number of ether oxygens (including phenoxy) is 1. The third-order valence-corrected chi connectivity index (χ3v) is 7.85. The number of rotatable bonds is 11. The number of likely N-dealkylation sites (tertiary alicyclic amines) is 1. The van der Waals surface area contributed by atoms with E-state index >= 15 is 0 Å². The molecule has 0 aromatic heterocycles. The lowest BCUT2D eigenvalue weighted by molar-refractivity contribution is 0.0943. The number of anilines is 1. The fraction of sp³-hybridized carbons (Fsp3) is 0.458. The lowest BCUT2D eigenvalue weighted by atomic mass is 10.1. The predicted molar refractivity (Wildman–Crippen MR) is 135 cm³/mol. The van der Waals surface area contributed by atoms with Gasteiger partial charge in [-0.2, -0.15) is 4.72 Å². The number of nitrogens with zero attached hydrogens (tertiary/aromatic N) is 1. The molecule has 2 atom stereocenters. The van der Waals surface area contributed by atoms with Crippen LogP contribution in [0.5, 0.6) is 5.75 Å². The number of methoxy groups -OCH3 is 1. The molecule has 0 bridgehead atoms. The SMILES string of the molecule is CCCCC(NS(=O)(=O)c1ccccc1)N1CC[C@H](CNC(=O)c2cc(Cl)c(N)cc2OC)C1. The molecule has 0 spiro atoms. The average Bonchev–Trinajstić information content (AvgIpc) is 3.31. The van der Waals surface area contributed by atoms with Gasteiger partial charge in [0.15, 0.2) is 0 Å². The second kappa shape index (κ2) is 11.9. The summed E-state index contributed by atoms with van der Waals surface area (Å²) in [6.07, 6.45) is 3.18. The number of hydrogen-bond donors (Lipinski definition) is 3. The first-order valence-corrected chi connectivity index (χ1v) is 13.3. The van der Waals surface area contributed by atoms with Gasteiger partial charge in [-0.05, 0) is 37.0 Å². The highest BCUT2D eigenvalue weighted by Crippen LogP contribution is 2.29. The minimum Gasteiger partial charge on any atom is -0.496 e. The van der Waals surface area contributed by atoms with Gasteiger partial charge in [0.2, 0.25) is 10.0 Å². The van der Waals surface area contributed by atoms with Crippen molar-refractivity contribution < 1.29 is 17.9 Å². The van der Waals surface area contributed by atoms with E-state index in [0.717, 1.165) is 32.2 Å². The normalized spacial score (nSPS) is 17.4. The van der Waals surface area contributed by atoms with E-state index in [4.69, 9.17) is 22.1 Å². The molecule has 2 aromatic rings. The Kier molecular flexibility index (Phi) is 9.18. The number of nitrogens with two attached hydrogens (primary N) is 1. The third-order valence-electron chi connectivity index (χ3n) is 6.05. The van der Waals surface area contributed by atoms with Crippen LogP contribution in [-0.2, 0) is 10.0 Å². The summed E-state index contributed by atoms with van der Waals surface area (Å²) in [5.74, 6) is 0.275. The van der Waals surface area contributed by atoms with E-state index in [0.29, 0.717) is 35.1 Å². The summed E-state index contributed by atoms with van der Waals surface area (Å²) in [7, 11) is -2.15. The van der Waals surface area contributed by atoms with Crippen molar-refractivity contribution in [1.82, 2.24) is 14.9 Å². The predicted octanol–water partition coefficient (Wildman–Crippen LogP) is 3.48. The van der Waals surface area contributed by atoms with Crippen LogP contribution < -0.4 is 20.5 Å². The molecule has 0 aliphatic carbocycles. The maximum atomic E-state index is 12.9. The van der Waals surface area contributed by atoms with Crippen LogP contribution in [0.3, 0.4) is 0 Å². The fourth-order valence-electron chi connectivity index (χ4n) is 4.12. The largest absolute Gasteiger partial charge is 0.496 e. The Labute approximate surface area is 206 Å². The molecule has 186 valence electrons. The lowest BCUT2D eigenvalue weighted by Gasteiger charge is -2.28. The average molecular weight is 509 g/mol. The molecule has 1 aliphatic heterocycles. The molecule has 1 heterocycles. The molecular weight excluding hydrogens is 476 g/mol. The second-order valence-electron chi connectivity index (χ2n) is 8.53. The molecule has 8 nitrogen and oxygen atoms in total. The van der Waals surface area contributed by atoms with Gasteiger partial charge in [-0.15, -0.1) is 0 Å². The number of carbonyl (C=O) groups is 1. The Balaban J connectivity index is 1.62. The number of unbranched alkanes of at least 4 members (excludes halogenated alkanes) is 1. The Morgan fingerprint density at radius 2 is 2.03 bits per heavy atom. The zero-order chi connectivity index (χ0) is 24.7. The zero-order valence-electron chi connectivity index (χ0n) is 19.6. The van der Waals surface area contributed by atoms with Crippen molar-refractivity contribution in [2.24, 2.45) is 5.92 Å². The number of nitrogen functional groups attached to an aromatic ring is 1. The smallest absolute Gasteiger partial charge is 0.255 e. The molecule has 10 heteroatoms. The zero-order valence-corrected chi connectivity index (χ0v) is 21.2. The van der Waals surface area contributed by atoms with Crippen LogP contribution in [0.15, 0.2) is 47.4 Å². The van der Waals surface area contributed by atoms with Crippen molar-refractivity contribution in [2.75, 3.05) is 32.5 Å². The minimum atomic E-state index is -3.62. The van der Waals surface area contributed by atoms with Gasteiger partial charge in [-0.1, -0.05) is 49.6 Å². The van der Waals surface area contributed by atoms with E-state index in [2.05, 4.69) is 21.9 Å². The van der Waals surface area contributed by atoms with Crippen molar-refractivity contribution in [3.63, 3.8) is 0 Å². The van der Waals surface area contributed by atoms with Gasteiger partial charge >= 0.3 is 0 Å². The summed E-state index contributed by atoms with van der Waals surface area (Å²) in [6, 6.07) is 11.5. The van der Waals surface area contributed by atoms with Crippen LogP contribution in [0.2, 0.25) is 5.02 Å². The first kappa shape index (κ1) is 26.3. The summed E-state index contributed by atoms with van der Waals surface area (Å²) >= 11 is 6.08. The number of carbonyl (C=O) groups excluding carboxylic acids is 1. The molecule has 34 heavy (non-hydrogen) atoms. The molecule has 1 fully saturated rings. The number of amides is 1. The Bertz CT molecular complexity index is 1080. The molecule has 3 rings (SSSR count). The fourth-order valence-corrected chi connectivity index (χ4v) is 5.56. The first-order valence-electron chi connectivity index (χ1n) is 11.5. The van der Waals surface area contributed by atoms with Gasteiger partial charge in [-0.3, -0.25) is 9.69 Å². The summed E-state index contributed by atoms with van der Waals surface area (Å²) in [5, 5.41) is 3.25. The van der Waals surface area contributed by atoms with E-state index in [1.54, 1.807) is 30.3 Å². The highest BCUT2D eigenvalue weighted by atomic mass is 35.5. The van der Waals surface area contributed by atoms with Gasteiger partial charge < -0.3 is 15.8 Å². The number of sulfonamides is 1. The molecular formula is C24H33ClN4O4S. The number of benzene rings is 2. The van der Waals surface area contributed by atoms with Crippen LogP contribution in [0.4, 0.5) is 5.69 Å². The summed E-state index contributed by atoms with van der Waals surface area (Å²) in [4.78, 5) is 15.2. The van der Waals surface area contributed by atoms with Gasteiger partial charge in [0, 0.05) is 25.7 Å². The van der Waals surface area contributed by atoms with Gasteiger partial charge in [0.05, 0.1) is 34.4 Å². The van der Waals surface area contributed by atoms with E-state index in [1.807, 2.05) is 0 Å². The summed E-state index contributed by atoms with van der Waals surface area (Å²) < 4.78 is 34.0. The molecule has 1 aliphatic rings. The maximum absolute atomic E-state index is 12.9. The monoisotopic (exact) mass is 508 g/mol. The first-order chi connectivity index (χ1) is 16.2. The second-order valence-corrected chi connectivity index (χ2v) is 10.6. The van der Waals surface area contributed by atoms with E-state index in [9.17, 15) is 13.2 Å². The number of nitrogens with one attached hydrogen (secondary N) is 2. The minimum absolute atomic E-state index is 0.199. The van der Waals surface area contributed by atoms with Crippen molar-refractivity contribution in [2.45, 2.75) is 43.7 Å².